The Labute approximate surface area is 128 Å². The van der Waals surface area contributed by atoms with Gasteiger partial charge in [-0.3, -0.25) is 4.79 Å². The van der Waals surface area contributed by atoms with Gasteiger partial charge in [0.15, 0.2) is 0 Å². The van der Waals surface area contributed by atoms with Gasteiger partial charge in [0.1, 0.15) is 5.41 Å². The van der Waals surface area contributed by atoms with E-state index in [-0.39, 0.29) is 5.91 Å². The molecule has 0 radical (unpaired) electrons. The second-order valence-electron chi connectivity index (χ2n) is 5.57. The molecule has 0 saturated carbocycles. The van der Waals surface area contributed by atoms with Gasteiger partial charge in [0.25, 0.3) is 0 Å². The van der Waals surface area contributed by atoms with Crippen molar-refractivity contribution in [1.82, 2.24) is 9.80 Å². The summed E-state index contributed by atoms with van der Waals surface area (Å²) in [6.07, 6.45) is 2.00. The van der Waals surface area contributed by atoms with Crippen LogP contribution in [0.5, 0.6) is 0 Å². The fourth-order valence-electron chi connectivity index (χ4n) is 2.82. The third-order valence-corrected chi connectivity index (χ3v) is 4.44. The van der Waals surface area contributed by atoms with Crippen molar-refractivity contribution < 1.29 is 9.53 Å². The van der Waals surface area contributed by atoms with E-state index in [1.807, 2.05) is 11.8 Å². The van der Waals surface area contributed by atoms with Crippen LogP contribution in [0, 0.1) is 16.7 Å². The largest absolute Gasteiger partial charge is 0.381 e. The second kappa shape index (κ2) is 9.01. The van der Waals surface area contributed by atoms with E-state index in [1.165, 1.54) is 0 Å². The summed E-state index contributed by atoms with van der Waals surface area (Å²) in [7, 11) is 0. The highest BCUT2D eigenvalue weighted by atomic mass is 16.5. The molecule has 1 fully saturated rings. The Morgan fingerprint density at radius 3 is 2.24 bits per heavy atom. The Kier molecular flexibility index (Phi) is 7.69. The minimum atomic E-state index is -0.858. The van der Waals surface area contributed by atoms with E-state index in [9.17, 15) is 10.1 Å². The molecule has 0 aromatic heterocycles. The molecule has 1 heterocycles. The van der Waals surface area contributed by atoms with Gasteiger partial charge in [0.05, 0.1) is 6.07 Å². The topological polar surface area (TPSA) is 56.6 Å². The maximum atomic E-state index is 12.7. The summed E-state index contributed by atoms with van der Waals surface area (Å²) in [5.41, 5.74) is -0.858. The average Bonchev–Trinajstić information content (AvgIpc) is 2.55. The zero-order chi connectivity index (χ0) is 15.7. The molecule has 21 heavy (non-hydrogen) atoms. The molecule has 0 aromatic rings. The number of hydrogen-bond donors (Lipinski definition) is 0. The fourth-order valence-corrected chi connectivity index (χ4v) is 2.82. The van der Waals surface area contributed by atoms with E-state index in [0.717, 1.165) is 32.6 Å². The Balaban J connectivity index is 2.58. The van der Waals surface area contributed by atoms with Crippen LogP contribution in [0.3, 0.4) is 0 Å². The number of amides is 1. The Morgan fingerprint density at radius 1 is 1.14 bits per heavy atom. The number of carbonyl (C=O) groups excluding carboxylic acids is 1. The van der Waals surface area contributed by atoms with Crippen LogP contribution in [0.1, 0.15) is 40.0 Å². The highest BCUT2D eigenvalue weighted by molar-refractivity contribution is 5.85. The highest BCUT2D eigenvalue weighted by Gasteiger charge is 2.42. The maximum Gasteiger partial charge on any atom is 0.243 e. The lowest BCUT2D eigenvalue weighted by atomic mass is 9.80. The maximum absolute atomic E-state index is 12.7. The first-order valence-electron chi connectivity index (χ1n) is 8.14. The minimum Gasteiger partial charge on any atom is -0.381 e. The molecule has 0 atom stereocenters. The summed E-state index contributed by atoms with van der Waals surface area (Å²) in [5, 5.41) is 9.48. The minimum absolute atomic E-state index is 0.00431. The molecule has 1 rings (SSSR count). The van der Waals surface area contributed by atoms with Crippen molar-refractivity contribution in [2.24, 2.45) is 5.41 Å². The molecule has 0 N–H and O–H groups in total. The number of ether oxygens (including phenoxy) is 1. The zero-order valence-electron chi connectivity index (χ0n) is 13.7. The normalized spacial score (nSPS) is 17.5. The Bertz CT molecular complexity index is 355. The second-order valence-corrected chi connectivity index (χ2v) is 5.57. The third-order valence-electron chi connectivity index (χ3n) is 4.44. The first-order valence-corrected chi connectivity index (χ1v) is 8.14. The van der Waals surface area contributed by atoms with Crippen molar-refractivity contribution in [3.8, 4) is 6.07 Å². The van der Waals surface area contributed by atoms with Crippen LogP contribution in [0.2, 0.25) is 0 Å². The van der Waals surface area contributed by atoms with Gasteiger partial charge < -0.3 is 14.5 Å². The molecule has 120 valence electrons. The van der Waals surface area contributed by atoms with Gasteiger partial charge in [0.2, 0.25) is 5.91 Å². The van der Waals surface area contributed by atoms with Crippen LogP contribution in [0.4, 0.5) is 0 Å². The predicted molar refractivity (Wildman–Crippen MR) is 82.8 cm³/mol. The lowest BCUT2D eigenvalue weighted by molar-refractivity contribution is -0.143. The molecule has 5 heteroatoms. The molecular formula is C16H29N3O2. The van der Waals surface area contributed by atoms with E-state index in [2.05, 4.69) is 24.8 Å². The molecule has 0 bridgehead atoms. The van der Waals surface area contributed by atoms with Crippen molar-refractivity contribution in [3.05, 3.63) is 0 Å². The molecular weight excluding hydrogens is 266 g/mol. The van der Waals surface area contributed by atoms with E-state index < -0.39 is 5.41 Å². The summed E-state index contributed by atoms with van der Waals surface area (Å²) in [5.74, 6) is -0.00431. The van der Waals surface area contributed by atoms with Gasteiger partial charge in [-0.2, -0.15) is 5.26 Å². The lowest BCUT2D eigenvalue weighted by Gasteiger charge is -2.34. The Hall–Kier alpha value is -1.12. The summed E-state index contributed by atoms with van der Waals surface area (Å²) in [6.45, 7) is 11.8. The van der Waals surface area contributed by atoms with E-state index in [1.54, 1.807) is 0 Å². The average molecular weight is 295 g/mol. The fraction of sp³-hybridized carbons (Fsp3) is 0.875. The SMILES string of the molecule is CCN(CC)CCCN(CC)C(=O)C1(C#N)CCOCC1. The summed E-state index contributed by atoms with van der Waals surface area (Å²) in [6, 6.07) is 2.27. The number of nitriles is 1. The summed E-state index contributed by atoms with van der Waals surface area (Å²) in [4.78, 5) is 16.9. The number of rotatable bonds is 8. The lowest BCUT2D eigenvalue weighted by Crippen LogP contribution is -2.47. The van der Waals surface area contributed by atoms with Crippen LogP contribution in [-0.4, -0.2) is 61.6 Å². The number of hydrogen-bond acceptors (Lipinski definition) is 4. The number of nitrogens with zero attached hydrogens (tertiary/aromatic N) is 3. The highest BCUT2D eigenvalue weighted by Crippen LogP contribution is 2.32. The van der Waals surface area contributed by atoms with Gasteiger partial charge in [0, 0.05) is 26.3 Å². The smallest absolute Gasteiger partial charge is 0.243 e. The van der Waals surface area contributed by atoms with Crippen LogP contribution < -0.4 is 0 Å². The summed E-state index contributed by atoms with van der Waals surface area (Å²) < 4.78 is 5.30. The van der Waals surface area contributed by atoms with Crippen molar-refractivity contribution >= 4 is 5.91 Å². The van der Waals surface area contributed by atoms with Crippen molar-refractivity contribution in [3.63, 3.8) is 0 Å². The van der Waals surface area contributed by atoms with Gasteiger partial charge in [-0.25, -0.2) is 0 Å². The molecule has 0 aromatic carbocycles. The van der Waals surface area contributed by atoms with Crippen LogP contribution in [0.15, 0.2) is 0 Å². The van der Waals surface area contributed by atoms with Crippen LogP contribution >= 0.6 is 0 Å². The predicted octanol–water partition coefficient (Wildman–Crippen LogP) is 1.89. The molecule has 1 aliphatic rings. The quantitative estimate of drug-likeness (QED) is 0.686. The molecule has 0 unspecified atom stereocenters. The molecule has 1 amide bonds. The van der Waals surface area contributed by atoms with Crippen LogP contribution in [0.25, 0.3) is 0 Å². The Morgan fingerprint density at radius 2 is 1.76 bits per heavy atom. The molecule has 0 aliphatic carbocycles. The van der Waals surface area contributed by atoms with Crippen molar-refractivity contribution in [2.45, 2.75) is 40.0 Å². The van der Waals surface area contributed by atoms with Gasteiger partial charge >= 0.3 is 0 Å². The molecule has 0 spiro atoms. The standard InChI is InChI=1S/C16H29N3O2/c1-4-18(5-2)10-7-11-19(6-3)15(20)16(14-17)8-12-21-13-9-16/h4-13H2,1-3H3. The van der Waals surface area contributed by atoms with Crippen molar-refractivity contribution in [2.75, 3.05) is 45.9 Å². The monoisotopic (exact) mass is 295 g/mol. The molecule has 5 nitrogen and oxygen atoms in total. The first kappa shape index (κ1) is 17.9. The van der Waals surface area contributed by atoms with E-state index in [0.29, 0.717) is 32.6 Å². The first-order chi connectivity index (χ1) is 10.1. The third kappa shape index (κ3) is 4.69. The molecule has 1 aliphatic heterocycles. The van der Waals surface area contributed by atoms with E-state index >= 15 is 0 Å². The number of carbonyl (C=O) groups is 1. The van der Waals surface area contributed by atoms with Gasteiger partial charge in [-0.15, -0.1) is 0 Å². The molecule has 1 saturated heterocycles. The zero-order valence-corrected chi connectivity index (χ0v) is 13.7. The van der Waals surface area contributed by atoms with Gasteiger partial charge in [-0.1, -0.05) is 13.8 Å². The van der Waals surface area contributed by atoms with E-state index in [4.69, 9.17) is 4.74 Å². The van der Waals surface area contributed by atoms with Gasteiger partial charge in [-0.05, 0) is 45.8 Å². The van der Waals surface area contributed by atoms with Crippen molar-refractivity contribution in [1.29, 1.82) is 5.26 Å². The summed E-state index contributed by atoms with van der Waals surface area (Å²) >= 11 is 0. The van der Waals surface area contributed by atoms with Crippen LogP contribution in [-0.2, 0) is 9.53 Å².